The van der Waals surface area contributed by atoms with Crippen LogP contribution in [0.5, 0.6) is 0 Å². The van der Waals surface area contributed by atoms with Crippen molar-refractivity contribution in [1.29, 1.82) is 0 Å². The minimum absolute atomic E-state index is 0.620. The monoisotopic (exact) mass is 271 g/mol. The van der Waals surface area contributed by atoms with Gasteiger partial charge in [-0.1, -0.05) is 0 Å². The van der Waals surface area contributed by atoms with E-state index < -0.39 is 0 Å². The van der Waals surface area contributed by atoms with Gasteiger partial charge in [-0.05, 0) is 62.7 Å². The Labute approximate surface area is 121 Å². The van der Waals surface area contributed by atoms with Crippen LogP contribution in [0, 0.1) is 0 Å². The summed E-state index contributed by atoms with van der Waals surface area (Å²) in [5, 5.41) is 4.68. The molecular formula is C17H25N3. The fourth-order valence-corrected chi connectivity index (χ4v) is 3.21. The molecule has 1 aromatic heterocycles. The molecule has 3 nitrogen and oxygen atoms in total. The average molecular weight is 271 g/mol. The topological polar surface area (TPSA) is 20.2 Å². The number of aryl methyl sites for hydroxylation is 1. The molecule has 0 bridgehead atoms. The minimum atomic E-state index is 0.620. The van der Waals surface area contributed by atoms with Gasteiger partial charge in [-0.15, -0.1) is 0 Å². The van der Waals surface area contributed by atoms with E-state index in [1.807, 2.05) is 7.05 Å². The Hall–Kier alpha value is -1.32. The van der Waals surface area contributed by atoms with Gasteiger partial charge < -0.3 is 9.88 Å². The molecule has 0 fully saturated rings. The Bertz CT molecular complexity index is 625. The van der Waals surface area contributed by atoms with Crippen LogP contribution in [-0.4, -0.2) is 29.1 Å². The van der Waals surface area contributed by atoms with Crippen molar-refractivity contribution in [3.8, 4) is 0 Å². The fraction of sp³-hybridized carbons (Fsp3) is 0.529. The standard InChI is InChI=1S/C17H25N3/c1-12(2)20-10-14-7-16-13(5-6-18-3)9-19(4)17(16)8-15(14)11-20/h7-9,12,18H,5-6,10-11H2,1-4H3. The van der Waals surface area contributed by atoms with Gasteiger partial charge >= 0.3 is 0 Å². The summed E-state index contributed by atoms with van der Waals surface area (Å²) in [5.74, 6) is 0. The van der Waals surface area contributed by atoms with Crippen LogP contribution >= 0.6 is 0 Å². The summed E-state index contributed by atoms with van der Waals surface area (Å²) in [6, 6.07) is 5.45. The molecule has 1 N–H and O–H groups in total. The number of rotatable bonds is 4. The van der Waals surface area contributed by atoms with Crippen LogP contribution in [0.15, 0.2) is 18.3 Å². The maximum absolute atomic E-state index is 3.25. The lowest BCUT2D eigenvalue weighted by atomic mass is 10.0. The minimum Gasteiger partial charge on any atom is -0.350 e. The summed E-state index contributed by atoms with van der Waals surface area (Å²) < 4.78 is 2.28. The molecule has 0 unspecified atom stereocenters. The number of aromatic nitrogens is 1. The van der Waals surface area contributed by atoms with Crippen LogP contribution in [0.3, 0.4) is 0 Å². The molecule has 0 radical (unpaired) electrons. The van der Waals surface area contributed by atoms with E-state index in [2.05, 4.69) is 54.0 Å². The predicted molar refractivity (Wildman–Crippen MR) is 84.9 cm³/mol. The van der Waals surface area contributed by atoms with Crippen molar-refractivity contribution < 1.29 is 0 Å². The maximum Gasteiger partial charge on any atom is 0.0484 e. The summed E-state index contributed by atoms with van der Waals surface area (Å²) in [5.41, 5.74) is 5.86. The maximum atomic E-state index is 3.25. The summed E-state index contributed by atoms with van der Waals surface area (Å²) in [6.45, 7) is 7.80. The molecule has 1 aliphatic heterocycles. The van der Waals surface area contributed by atoms with Crippen LogP contribution in [0.25, 0.3) is 10.9 Å². The van der Waals surface area contributed by atoms with Gasteiger partial charge in [0.15, 0.2) is 0 Å². The Balaban J connectivity index is 2.01. The third-order valence-corrected chi connectivity index (χ3v) is 4.51. The van der Waals surface area contributed by atoms with Crippen LogP contribution in [0.4, 0.5) is 0 Å². The van der Waals surface area contributed by atoms with Crippen molar-refractivity contribution in [3.63, 3.8) is 0 Å². The van der Waals surface area contributed by atoms with Crippen molar-refractivity contribution in [1.82, 2.24) is 14.8 Å². The number of nitrogens with zero attached hydrogens (tertiary/aromatic N) is 2. The SMILES string of the molecule is CNCCc1cn(C)c2cc3c(cc12)CN(C(C)C)C3. The van der Waals surface area contributed by atoms with E-state index in [-0.39, 0.29) is 0 Å². The van der Waals surface area contributed by atoms with Crippen molar-refractivity contribution in [2.45, 2.75) is 39.4 Å². The molecule has 2 heterocycles. The lowest BCUT2D eigenvalue weighted by molar-refractivity contribution is 0.227. The average Bonchev–Trinajstić information content (AvgIpc) is 2.96. The molecule has 3 heteroatoms. The van der Waals surface area contributed by atoms with Gasteiger partial charge in [-0.25, -0.2) is 0 Å². The first-order valence-corrected chi connectivity index (χ1v) is 7.58. The number of nitrogens with one attached hydrogen (secondary N) is 1. The third-order valence-electron chi connectivity index (χ3n) is 4.51. The highest BCUT2D eigenvalue weighted by molar-refractivity contribution is 5.85. The highest BCUT2D eigenvalue weighted by Gasteiger charge is 2.22. The first-order valence-electron chi connectivity index (χ1n) is 7.58. The Morgan fingerprint density at radius 3 is 2.55 bits per heavy atom. The lowest BCUT2D eigenvalue weighted by Gasteiger charge is -2.18. The van der Waals surface area contributed by atoms with Gasteiger partial charge in [0, 0.05) is 43.3 Å². The lowest BCUT2D eigenvalue weighted by Crippen LogP contribution is -2.24. The number of likely N-dealkylation sites (N-methyl/N-ethyl adjacent to an activating group) is 1. The molecule has 0 amide bonds. The van der Waals surface area contributed by atoms with Gasteiger partial charge in [0.25, 0.3) is 0 Å². The second kappa shape index (κ2) is 5.23. The highest BCUT2D eigenvalue weighted by Crippen LogP contribution is 2.31. The van der Waals surface area contributed by atoms with E-state index >= 15 is 0 Å². The summed E-state index contributed by atoms with van der Waals surface area (Å²) in [7, 11) is 4.18. The second-order valence-electron chi connectivity index (χ2n) is 6.26. The normalized spacial score (nSPS) is 15.4. The molecule has 0 aliphatic carbocycles. The van der Waals surface area contributed by atoms with Crippen molar-refractivity contribution in [2.24, 2.45) is 7.05 Å². The van der Waals surface area contributed by atoms with E-state index in [1.54, 1.807) is 0 Å². The van der Waals surface area contributed by atoms with E-state index in [0.717, 1.165) is 26.1 Å². The zero-order valence-corrected chi connectivity index (χ0v) is 13.0. The molecule has 0 saturated carbocycles. The molecule has 1 aromatic carbocycles. The number of hydrogen-bond acceptors (Lipinski definition) is 2. The van der Waals surface area contributed by atoms with Gasteiger partial charge in [0.05, 0.1) is 0 Å². The van der Waals surface area contributed by atoms with Gasteiger partial charge in [-0.3, -0.25) is 4.90 Å². The van der Waals surface area contributed by atoms with Crippen molar-refractivity contribution in [2.75, 3.05) is 13.6 Å². The van der Waals surface area contributed by atoms with Gasteiger partial charge in [0.2, 0.25) is 0 Å². The zero-order chi connectivity index (χ0) is 14.3. The van der Waals surface area contributed by atoms with Crippen LogP contribution in [-0.2, 0) is 26.6 Å². The molecule has 20 heavy (non-hydrogen) atoms. The quantitative estimate of drug-likeness (QED) is 0.922. The van der Waals surface area contributed by atoms with Gasteiger partial charge in [0.1, 0.15) is 0 Å². The summed E-state index contributed by atoms with van der Waals surface area (Å²) >= 11 is 0. The van der Waals surface area contributed by atoms with Crippen LogP contribution in [0.2, 0.25) is 0 Å². The Morgan fingerprint density at radius 1 is 1.20 bits per heavy atom. The van der Waals surface area contributed by atoms with Crippen molar-refractivity contribution in [3.05, 3.63) is 35.0 Å². The van der Waals surface area contributed by atoms with E-state index in [0.29, 0.717) is 6.04 Å². The molecular weight excluding hydrogens is 246 g/mol. The van der Waals surface area contributed by atoms with E-state index in [1.165, 1.54) is 27.6 Å². The molecule has 0 spiro atoms. The first-order chi connectivity index (χ1) is 9.60. The summed E-state index contributed by atoms with van der Waals surface area (Å²) in [4.78, 5) is 2.54. The molecule has 0 atom stereocenters. The molecule has 1 aliphatic rings. The van der Waals surface area contributed by atoms with Gasteiger partial charge in [-0.2, -0.15) is 0 Å². The number of hydrogen-bond donors (Lipinski definition) is 1. The predicted octanol–water partition coefficient (Wildman–Crippen LogP) is 2.66. The largest absolute Gasteiger partial charge is 0.350 e. The second-order valence-corrected chi connectivity index (χ2v) is 6.26. The fourth-order valence-electron chi connectivity index (χ4n) is 3.21. The third kappa shape index (κ3) is 2.25. The molecule has 2 aromatic rings. The first kappa shape index (κ1) is 13.7. The van der Waals surface area contributed by atoms with Crippen LogP contribution < -0.4 is 5.32 Å². The van der Waals surface area contributed by atoms with E-state index in [9.17, 15) is 0 Å². The van der Waals surface area contributed by atoms with E-state index in [4.69, 9.17) is 0 Å². The zero-order valence-electron chi connectivity index (χ0n) is 13.0. The molecule has 3 rings (SSSR count). The Morgan fingerprint density at radius 2 is 1.90 bits per heavy atom. The van der Waals surface area contributed by atoms with Crippen LogP contribution in [0.1, 0.15) is 30.5 Å². The Kier molecular flexibility index (Phi) is 3.57. The number of fused-ring (bicyclic) bond motifs is 2. The molecule has 0 saturated heterocycles. The molecule has 108 valence electrons. The smallest absolute Gasteiger partial charge is 0.0484 e. The highest BCUT2D eigenvalue weighted by atomic mass is 15.2. The summed E-state index contributed by atoms with van der Waals surface area (Å²) in [6.07, 6.45) is 3.39. The number of benzene rings is 1. The van der Waals surface area contributed by atoms with Crippen molar-refractivity contribution >= 4 is 10.9 Å².